The van der Waals surface area contributed by atoms with Crippen LogP contribution >= 0.6 is 11.6 Å². The third-order valence-corrected chi connectivity index (χ3v) is 10.5. The van der Waals surface area contributed by atoms with Crippen LogP contribution in [0.4, 0.5) is 0 Å². The number of nitrogens with one attached hydrogen (secondary N) is 1. The van der Waals surface area contributed by atoms with E-state index in [-0.39, 0.29) is 22.0 Å². The number of Topliss-reactive ketones (excluding diaryl/α,β-unsaturated/α-hetero) is 1. The average molecular weight is 465 g/mol. The van der Waals surface area contributed by atoms with Crippen LogP contribution in [0.5, 0.6) is 0 Å². The number of carbonyl (C=O) groups is 2. The number of hydrogen-bond donors (Lipinski definition) is 2. The topological polar surface area (TPSA) is 106 Å². The SMILES string of the molecule is Cc1c(Cl)cccc1S(=O)(=O)NC1(C(=O)CC23CC4CC(C2)CC(C(N)=O)(C4)C3)CC1. The Kier molecular flexibility index (Phi) is 4.68. The lowest BCUT2D eigenvalue weighted by molar-refractivity contribution is -0.158. The number of ketones is 1. The molecular formula is C23H29ClN2O4S. The molecule has 1 amide bonds. The quantitative estimate of drug-likeness (QED) is 0.644. The molecule has 5 fully saturated rings. The Morgan fingerprint density at radius 1 is 1.16 bits per heavy atom. The Morgan fingerprint density at radius 3 is 2.39 bits per heavy atom. The fourth-order valence-electron chi connectivity index (χ4n) is 7.21. The average Bonchev–Trinajstić information content (AvgIpc) is 3.42. The van der Waals surface area contributed by atoms with Gasteiger partial charge < -0.3 is 5.73 Å². The second-order valence-electron chi connectivity index (χ2n) is 10.8. The molecule has 1 aromatic carbocycles. The highest BCUT2D eigenvalue weighted by atomic mass is 35.5. The zero-order chi connectivity index (χ0) is 22.2. The van der Waals surface area contributed by atoms with Crippen LogP contribution in [0.15, 0.2) is 23.1 Å². The Morgan fingerprint density at radius 2 is 1.81 bits per heavy atom. The first-order valence-corrected chi connectivity index (χ1v) is 13.0. The summed E-state index contributed by atoms with van der Waals surface area (Å²) in [6.45, 7) is 1.66. The lowest BCUT2D eigenvalue weighted by Gasteiger charge is -2.61. The van der Waals surface area contributed by atoms with Gasteiger partial charge in [0.15, 0.2) is 5.78 Å². The monoisotopic (exact) mass is 464 g/mol. The number of sulfonamides is 1. The maximum Gasteiger partial charge on any atom is 0.241 e. The molecule has 5 aliphatic rings. The third kappa shape index (κ3) is 3.44. The number of benzene rings is 1. The number of halogens is 1. The van der Waals surface area contributed by atoms with Crippen LogP contribution in [0.3, 0.4) is 0 Å². The highest BCUT2D eigenvalue weighted by molar-refractivity contribution is 7.89. The van der Waals surface area contributed by atoms with Gasteiger partial charge in [-0.1, -0.05) is 17.7 Å². The second-order valence-corrected chi connectivity index (χ2v) is 12.8. The number of carbonyl (C=O) groups excluding carboxylic acids is 2. The Balaban J connectivity index is 1.37. The molecule has 5 aliphatic carbocycles. The molecule has 1 aromatic rings. The van der Waals surface area contributed by atoms with Crippen molar-refractivity contribution in [2.24, 2.45) is 28.4 Å². The molecule has 0 heterocycles. The van der Waals surface area contributed by atoms with Crippen LogP contribution in [0.25, 0.3) is 0 Å². The fourth-order valence-corrected chi connectivity index (χ4v) is 9.15. The van der Waals surface area contributed by atoms with Crippen LogP contribution in [-0.4, -0.2) is 25.6 Å². The van der Waals surface area contributed by atoms with Gasteiger partial charge in [0.25, 0.3) is 0 Å². The Bertz CT molecular complexity index is 1070. The number of hydrogen-bond acceptors (Lipinski definition) is 4. The van der Waals surface area contributed by atoms with Crippen molar-refractivity contribution >= 4 is 33.3 Å². The molecule has 6 rings (SSSR count). The Labute approximate surface area is 188 Å². The summed E-state index contributed by atoms with van der Waals surface area (Å²) in [5.41, 5.74) is 4.58. The molecule has 0 aromatic heterocycles. The molecule has 0 aliphatic heterocycles. The van der Waals surface area contributed by atoms with Crippen molar-refractivity contribution in [3.63, 3.8) is 0 Å². The van der Waals surface area contributed by atoms with Gasteiger partial charge in [0.05, 0.1) is 15.8 Å². The molecule has 8 heteroatoms. The minimum absolute atomic E-state index is 0.0441. The summed E-state index contributed by atoms with van der Waals surface area (Å²) in [7, 11) is -3.87. The standard InChI is InChI=1S/C23H29ClN2O4S/c1-14-17(24)3-2-4-18(14)31(29,30)26-23(5-6-23)19(27)12-21-8-15-7-16(9-21)11-22(10-15,13-21)20(25)28/h2-4,15-16,26H,5-13H2,1H3,(H2,25,28). The molecule has 4 bridgehead atoms. The minimum atomic E-state index is -3.87. The highest BCUT2D eigenvalue weighted by Crippen LogP contribution is 2.66. The molecule has 168 valence electrons. The van der Waals surface area contributed by atoms with Gasteiger partial charge in [-0.15, -0.1) is 0 Å². The van der Waals surface area contributed by atoms with Crippen LogP contribution in [0, 0.1) is 29.6 Å². The molecule has 2 unspecified atom stereocenters. The van der Waals surface area contributed by atoms with E-state index < -0.39 is 21.0 Å². The summed E-state index contributed by atoms with van der Waals surface area (Å²) >= 11 is 6.11. The fraction of sp³-hybridized carbons (Fsp3) is 0.652. The van der Waals surface area contributed by atoms with Crippen LogP contribution in [0.2, 0.25) is 5.02 Å². The van der Waals surface area contributed by atoms with E-state index >= 15 is 0 Å². The van der Waals surface area contributed by atoms with Crippen molar-refractivity contribution in [2.75, 3.05) is 0 Å². The molecule has 0 saturated heterocycles. The molecule has 6 nitrogen and oxygen atoms in total. The first kappa shape index (κ1) is 21.4. The van der Waals surface area contributed by atoms with Gasteiger partial charge in [0.1, 0.15) is 0 Å². The normalized spacial score (nSPS) is 35.2. The van der Waals surface area contributed by atoms with Gasteiger partial charge in [-0.05, 0) is 93.2 Å². The van der Waals surface area contributed by atoms with Crippen LogP contribution < -0.4 is 10.5 Å². The van der Waals surface area contributed by atoms with Crippen LogP contribution in [-0.2, 0) is 19.6 Å². The smallest absolute Gasteiger partial charge is 0.241 e. The van der Waals surface area contributed by atoms with Crippen LogP contribution in [0.1, 0.15) is 63.4 Å². The van der Waals surface area contributed by atoms with E-state index in [0.29, 0.717) is 48.1 Å². The molecule has 5 saturated carbocycles. The first-order chi connectivity index (χ1) is 14.5. The Hall–Kier alpha value is -1.44. The van der Waals surface area contributed by atoms with Gasteiger partial charge in [-0.25, -0.2) is 8.42 Å². The lowest BCUT2D eigenvalue weighted by Crippen LogP contribution is -2.58. The van der Waals surface area contributed by atoms with E-state index in [2.05, 4.69) is 4.72 Å². The molecule has 2 atom stereocenters. The number of nitrogens with two attached hydrogens (primary N) is 1. The number of amides is 1. The van der Waals surface area contributed by atoms with Gasteiger partial charge in [0, 0.05) is 11.4 Å². The zero-order valence-electron chi connectivity index (χ0n) is 17.7. The van der Waals surface area contributed by atoms with E-state index in [1.54, 1.807) is 19.1 Å². The maximum absolute atomic E-state index is 13.5. The van der Waals surface area contributed by atoms with E-state index in [4.69, 9.17) is 17.3 Å². The maximum atomic E-state index is 13.5. The minimum Gasteiger partial charge on any atom is -0.369 e. The van der Waals surface area contributed by atoms with Crippen molar-refractivity contribution < 1.29 is 18.0 Å². The highest BCUT2D eigenvalue weighted by Gasteiger charge is 2.62. The summed E-state index contributed by atoms with van der Waals surface area (Å²) in [5.74, 6) is 0.624. The molecule has 31 heavy (non-hydrogen) atoms. The summed E-state index contributed by atoms with van der Waals surface area (Å²) < 4.78 is 28.9. The molecule has 3 N–H and O–H groups in total. The zero-order valence-corrected chi connectivity index (χ0v) is 19.3. The second kappa shape index (κ2) is 6.78. The molecular weight excluding hydrogens is 436 g/mol. The lowest BCUT2D eigenvalue weighted by atomic mass is 9.43. The van der Waals surface area contributed by atoms with Crippen molar-refractivity contribution in [3.8, 4) is 0 Å². The number of rotatable bonds is 7. The predicted octanol–water partition coefficient (Wildman–Crippen LogP) is 3.49. The van der Waals surface area contributed by atoms with Crippen molar-refractivity contribution in [2.45, 2.75) is 75.1 Å². The van der Waals surface area contributed by atoms with E-state index in [9.17, 15) is 18.0 Å². The summed E-state index contributed by atoms with van der Waals surface area (Å²) in [5, 5.41) is 0.379. The van der Waals surface area contributed by atoms with Crippen molar-refractivity contribution in [1.82, 2.24) is 4.72 Å². The van der Waals surface area contributed by atoms with Crippen molar-refractivity contribution in [1.29, 1.82) is 0 Å². The van der Waals surface area contributed by atoms with Gasteiger partial charge in [0.2, 0.25) is 15.9 Å². The summed E-state index contributed by atoms with van der Waals surface area (Å²) in [6.07, 6.45) is 6.72. The third-order valence-electron chi connectivity index (χ3n) is 8.36. The van der Waals surface area contributed by atoms with Crippen molar-refractivity contribution in [3.05, 3.63) is 28.8 Å². The first-order valence-electron chi connectivity index (χ1n) is 11.1. The molecule has 0 radical (unpaired) electrons. The van der Waals surface area contributed by atoms with E-state index in [1.165, 1.54) is 6.07 Å². The van der Waals surface area contributed by atoms with E-state index in [0.717, 1.165) is 32.1 Å². The molecule has 0 spiro atoms. The predicted molar refractivity (Wildman–Crippen MR) is 117 cm³/mol. The number of primary amides is 1. The van der Waals surface area contributed by atoms with E-state index in [1.807, 2.05) is 0 Å². The van der Waals surface area contributed by atoms with Gasteiger partial charge in [-0.3, -0.25) is 9.59 Å². The summed E-state index contributed by atoms with van der Waals surface area (Å²) in [6, 6.07) is 4.76. The van der Waals surface area contributed by atoms with Gasteiger partial charge in [-0.2, -0.15) is 4.72 Å². The largest absolute Gasteiger partial charge is 0.369 e. The van der Waals surface area contributed by atoms with Gasteiger partial charge >= 0.3 is 0 Å². The summed E-state index contributed by atoms with van der Waals surface area (Å²) in [4.78, 5) is 25.9.